The van der Waals surface area contributed by atoms with Crippen LogP contribution in [0.2, 0.25) is 0 Å². The van der Waals surface area contributed by atoms with E-state index in [1.54, 1.807) is 5.01 Å². The zero-order valence-electron chi connectivity index (χ0n) is 6.86. The van der Waals surface area contributed by atoms with Gasteiger partial charge in [-0.1, -0.05) is 22.9 Å². The molecule has 0 atom stereocenters. The van der Waals surface area contributed by atoms with Crippen molar-refractivity contribution in [3.8, 4) is 0 Å². The Hall–Kier alpha value is -1.58. The molecule has 0 fully saturated rings. The molecule has 62 valence electrons. The van der Waals surface area contributed by atoms with Crippen LogP contribution in [0.4, 0.5) is 5.69 Å². The Morgan fingerprint density at radius 3 is 2.67 bits per heavy atom. The van der Waals surface area contributed by atoms with E-state index in [0.29, 0.717) is 6.67 Å². The quantitative estimate of drug-likeness (QED) is 0.682. The topological polar surface area (TPSA) is 40.0 Å². The molecule has 1 aliphatic rings. The molecule has 0 radical (unpaired) electrons. The third kappa shape index (κ3) is 1.23. The third-order valence-electron chi connectivity index (χ3n) is 1.78. The Labute approximate surface area is 70.9 Å². The Morgan fingerprint density at radius 2 is 2.08 bits per heavy atom. The van der Waals surface area contributed by atoms with Gasteiger partial charge in [0, 0.05) is 0 Å². The average molecular weight is 162 g/mol. The Balaban J connectivity index is 2.23. The summed E-state index contributed by atoms with van der Waals surface area (Å²) in [6, 6.07) is 8.18. The van der Waals surface area contributed by atoms with Gasteiger partial charge in [0.05, 0.1) is 5.69 Å². The standard InChI is InChI=1S/C8H10N4/c1-7-2-4-8(5-3-7)12-6-9-10-11-12/h2-5H,6H2,1H3,(H,9,11). The summed E-state index contributed by atoms with van der Waals surface area (Å²) >= 11 is 0. The van der Waals surface area contributed by atoms with E-state index < -0.39 is 0 Å². The fraction of sp³-hybridized carbons (Fsp3) is 0.250. The van der Waals surface area contributed by atoms with Crippen molar-refractivity contribution in [2.45, 2.75) is 6.92 Å². The molecule has 4 nitrogen and oxygen atoms in total. The van der Waals surface area contributed by atoms with Crippen molar-refractivity contribution in [1.29, 1.82) is 0 Å². The van der Waals surface area contributed by atoms with Crippen molar-refractivity contribution >= 4 is 5.69 Å². The average Bonchev–Trinajstić information content (AvgIpc) is 2.58. The molecule has 0 bridgehead atoms. The molecule has 0 amide bonds. The number of anilines is 1. The van der Waals surface area contributed by atoms with Gasteiger partial charge in [0.2, 0.25) is 0 Å². The van der Waals surface area contributed by atoms with Gasteiger partial charge in [0.15, 0.2) is 0 Å². The fourth-order valence-corrected chi connectivity index (χ4v) is 1.08. The van der Waals surface area contributed by atoms with Gasteiger partial charge in [-0.05, 0) is 24.3 Å². The predicted molar refractivity (Wildman–Crippen MR) is 46.5 cm³/mol. The van der Waals surface area contributed by atoms with Crippen LogP contribution in [0.5, 0.6) is 0 Å². The molecule has 0 saturated carbocycles. The maximum absolute atomic E-state index is 3.88. The summed E-state index contributed by atoms with van der Waals surface area (Å²) in [5.74, 6) is 0. The van der Waals surface area contributed by atoms with Crippen molar-refractivity contribution in [2.24, 2.45) is 10.4 Å². The van der Waals surface area contributed by atoms with Crippen LogP contribution in [-0.2, 0) is 0 Å². The summed E-state index contributed by atoms with van der Waals surface area (Å²) in [5, 5.41) is 9.35. The number of aryl methyl sites for hydroxylation is 1. The monoisotopic (exact) mass is 162 g/mol. The third-order valence-corrected chi connectivity index (χ3v) is 1.78. The number of benzene rings is 1. The normalized spacial score (nSPS) is 14.9. The van der Waals surface area contributed by atoms with Gasteiger partial charge in [-0.2, -0.15) is 0 Å². The molecular formula is C8H10N4. The van der Waals surface area contributed by atoms with Crippen molar-refractivity contribution in [2.75, 3.05) is 11.7 Å². The molecule has 4 heteroatoms. The van der Waals surface area contributed by atoms with E-state index in [2.05, 4.69) is 34.9 Å². The van der Waals surface area contributed by atoms with Crippen molar-refractivity contribution < 1.29 is 0 Å². The lowest BCUT2D eigenvalue weighted by Crippen LogP contribution is -2.19. The highest BCUT2D eigenvalue weighted by Gasteiger charge is 2.07. The first-order valence-corrected chi connectivity index (χ1v) is 3.84. The van der Waals surface area contributed by atoms with Crippen molar-refractivity contribution in [3.63, 3.8) is 0 Å². The lowest BCUT2D eigenvalue weighted by molar-refractivity contribution is 0.807. The number of nitrogens with zero attached hydrogens (tertiary/aromatic N) is 3. The van der Waals surface area contributed by atoms with Gasteiger partial charge in [-0.15, -0.1) is 0 Å². The van der Waals surface area contributed by atoms with Crippen LogP contribution in [-0.4, -0.2) is 6.67 Å². The second kappa shape index (κ2) is 2.81. The maximum Gasteiger partial charge on any atom is 0.129 e. The fourth-order valence-electron chi connectivity index (χ4n) is 1.08. The van der Waals surface area contributed by atoms with Crippen LogP contribution in [0, 0.1) is 6.92 Å². The number of hydrogen-bond acceptors (Lipinski definition) is 4. The van der Waals surface area contributed by atoms with Crippen LogP contribution >= 0.6 is 0 Å². The van der Waals surface area contributed by atoms with Gasteiger partial charge in [-0.3, -0.25) is 5.43 Å². The summed E-state index contributed by atoms with van der Waals surface area (Å²) in [5.41, 5.74) is 5.09. The summed E-state index contributed by atoms with van der Waals surface area (Å²) in [7, 11) is 0. The highest BCUT2D eigenvalue weighted by atomic mass is 15.7. The molecule has 0 unspecified atom stereocenters. The molecule has 0 aliphatic carbocycles. The van der Waals surface area contributed by atoms with E-state index in [9.17, 15) is 0 Å². The second-order valence-corrected chi connectivity index (χ2v) is 2.74. The van der Waals surface area contributed by atoms with Crippen LogP contribution in [0.25, 0.3) is 0 Å². The summed E-state index contributed by atoms with van der Waals surface area (Å²) in [6.07, 6.45) is 0. The van der Waals surface area contributed by atoms with Crippen LogP contribution < -0.4 is 10.4 Å². The first-order chi connectivity index (χ1) is 5.86. The highest BCUT2D eigenvalue weighted by Crippen LogP contribution is 2.16. The molecular weight excluding hydrogens is 152 g/mol. The first kappa shape index (κ1) is 7.09. The van der Waals surface area contributed by atoms with Gasteiger partial charge >= 0.3 is 0 Å². The van der Waals surface area contributed by atoms with Crippen LogP contribution in [0.3, 0.4) is 0 Å². The van der Waals surface area contributed by atoms with Gasteiger partial charge < -0.3 is 0 Å². The molecule has 2 rings (SSSR count). The minimum atomic E-state index is 0.656. The molecule has 1 aromatic carbocycles. The largest absolute Gasteiger partial charge is 0.269 e. The number of hydrogen-bond donors (Lipinski definition) is 1. The smallest absolute Gasteiger partial charge is 0.129 e. The summed E-state index contributed by atoms with van der Waals surface area (Å²) in [4.78, 5) is 0. The second-order valence-electron chi connectivity index (χ2n) is 2.74. The zero-order valence-corrected chi connectivity index (χ0v) is 6.86. The summed E-state index contributed by atoms with van der Waals surface area (Å²) in [6.45, 7) is 2.72. The lowest BCUT2D eigenvalue weighted by Gasteiger charge is -2.10. The van der Waals surface area contributed by atoms with E-state index in [0.717, 1.165) is 5.69 Å². The molecule has 1 aromatic rings. The molecule has 0 saturated heterocycles. The minimum Gasteiger partial charge on any atom is -0.269 e. The molecule has 12 heavy (non-hydrogen) atoms. The zero-order chi connectivity index (χ0) is 8.39. The van der Waals surface area contributed by atoms with Crippen molar-refractivity contribution in [3.05, 3.63) is 29.8 Å². The van der Waals surface area contributed by atoms with E-state index in [1.165, 1.54) is 5.56 Å². The maximum atomic E-state index is 3.88. The Morgan fingerprint density at radius 1 is 1.33 bits per heavy atom. The van der Waals surface area contributed by atoms with Gasteiger partial charge in [0.25, 0.3) is 0 Å². The molecule has 1 aliphatic heterocycles. The lowest BCUT2D eigenvalue weighted by atomic mass is 10.2. The Bertz CT molecular complexity index is 290. The number of nitrogens with one attached hydrogen (secondary N) is 1. The predicted octanol–water partition coefficient (Wildman–Crippen LogP) is 1.64. The molecule has 1 N–H and O–H groups in total. The van der Waals surface area contributed by atoms with E-state index in [-0.39, 0.29) is 0 Å². The number of rotatable bonds is 1. The minimum absolute atomic E-state index is 0.656. The van der Waals surface area contributed by atoms with Gasteiger partial charge in [0.1, 0.15) is 6.67 Å². The first-order valence-electron chi connectivity index (χ1n) is 3.84. The van der Waals surface area contributed by atoms with Crippen LogP contribution in [0.15, 0.2) is 34.7 Å². The van der Waals surface area contributed by atoms with Gasteiger partial charge in [-0.25, -0.2) is 5.01 Å². The van der Waals surface area contributed by atoms with E-state index >= 15 is 0 Å². The van der Waals surface area contributed by atoms with Crippen molar-refractivity contribution in [1.82, 2.24) is 5.43 Å². The highest BCUT2D eigenvalue weighted by molar-refractivity contribution is 5.46. The summed E-state index contributed by atoms with van der Waals surface area (Å²) < 4.78 is 0. The van der Waals surface area contributed by atoms with E-state index in [1.807, 2.05) is 12.1 Å². The molecule has 1 heterocycles. The molecule has 0 spiro atoms. The SMILES string of the molecule is Cc1ccc(N2CNN=N2)cc1. The van der Waals surface area contributed by atoms with Crippen LogP contribution in [0.1, 0.15) is 5.56 Å². The Kier molecular flexibility index (Phi) is 1.66. The van der Waals surface area contributed by atoms with E-state index in [4.69, 9.17) is 0 Å². The molecule has 0 aromatic heterocycles.